The van der Waals surface area contributed by atoms with Gasteiger partial charge < -0.3 is 15.4 Å². The summed E-state index contributed by atoms with van der Waals surface area (Å²) in [7, 11) is 1.49. The number of carbonyl (C=O) groups excluding carboxylic acids is 1. The molecule has 1 aliphatic heterocycles. The van der Waals surface area contributed by atoms with Crippen molar-refractivity contribution in [2.45, 2.75) is 25.4 Å². The Morgan fingerprint density at radius 3 is 2.58 bits per heavy atom. The fourth-order valence-corrected chi connectivity index (χ4v) is 4.76. The smallest absolute Gasteiger partial charge is 0.220 e. The highest BCUT2D eigenvalue weighted by Gasteiger charge is 2.22. The predicted molar refractivity (Wildman–Crippen MR) is 132 cm³/mol. The zero-order valence-corrected chi connectivity index (χ0v) is 20.8. The van der Waals surface area contributed by atoms with Crippen LogP contribution < -0.4 is 15.4 Å². The van der Waals surface area contributed by atoms with E-state index in [9.17, 15) is 4.79 Å². The second-order valence-electron chi connectivity index (χ2n) is 7.69. The lowest BCUT2D eigenvalue weighted by molar-refractivity contribution is -0.119. The molecule has 2 N–H and O–H groups in total. The molecule has 1 saturated heterocycles. The number of nitrogens with one attached hydrogen (secondary N) is 2. The Morgan fingerprint density at radius 2 is 1.88 bits per heavy atom. The van der Waals surface area contributed by atoms with Crippen LogP contribution >= 0.6 is 39.1 Å². The van der Waals surface area contributed by atoms with E-state index < -0.39 is 5.82 Å². The van der Waals surface area contributed by atoms with Crippen molar-refractivity contribution in [3.8, 4) is 28.3 Å². The average molecular weight is 553 g/mol. The molecule has 0 saturated carbocycles. The van der Waals surface area contributed by atoms with E-state index in [2.05, 4.69) is 31.5 Å². The van der Waals surface area contributed by atoms with Crippen molar-refractivity contribution < 1.29 is 13.9 Å². The molecule has 4 rings (SSSR count). The number of nitrogens with zero attached hydrogens (tertiary/aromatic N) is 1. The van der Waals surface area contributed by atoms with Gasteiger partial charge in [0, 0.05) is 52.3 Å². The Bertz CT molecular complexity index is 1210. The predicted octanol–water partition coefficient (Wildman–Crippen LogP) is 6.00. The van der Waals surface area contributed by atoms with E-state index in [1.54, 1.807) is 12.1 Å². The molecule has 33 heavy (non-hydrogen) atoms. The summed E-state index contributed by atoms with van der Waals surface area (Å²) in [5.74, 6) is -0.155. The average Bonchev–Trinajstić information content (AvgIpc) is 3.21. The highest BCUT2D eigenvalue weighted by atomic mass is 79.9. The van der Waals surface area contributed by atoms with Crippen LogP contribution in [0, 0.1) is 5.82 Å². The van der Waals surface area contributed by atoms with Gasteiger partial charge in [-0.2, -0.15) is 0 Å². The van der Waals surface area contributed by atoms with Crippen LogP contribution in [0.25, 0.3) is 22.4 Å². The standard InChI is InChI=1S/C24H21BrCl2FN3O2/c1-33-24-13(11-29-12-14-8-9-20(32)30-14)10-19(28)23(31-24)17-6-2-4-15(21(17)26)16-5-3-7-18(25)22(16)27/h2-7,10,14,29H,8-9,11-12H2,1H3,(H,30,32). The van der Waals surface area contributed by atoms with Crippen LogP contribution in [0.1, 0.15) is 18.4 Å². The summed E-state index contributed by atoms with van der Waals surface area (Å²) in [6.07, 6.45) is 1.32. The van der Waals surface area contributed by atoms with Crippen LogP contribution in [0.4, 0.5) is 4.39 Å². The molecule has 172 valence electrons. The van der Waals surface area contributed by atoms with Gasteiger partial charge in [-0.15, -0.1) is 0 Å². The van der Waals surface area contributed by atoms with Gasteiger partial charge in [0.05, 0.1) is 17.2 Å². The number of carbonyl (C=O) groups is 1. The second kappa shape index (κ2) is 10.4. The molecule has 9 heteroatoms. The highest BCUT2D eigenvalue weighted by Crippen LogP contribution is 2.41. The lowest BCUT2D eigenvalue weighted by atomic mass is 10.0. The van der Waals surface area contributed by atoms with Crippen molar-refractivity contribution in [1.29, 1.82) is 0 Å². The first-order valence-electron chi connectivity index (χ1n) is 10.4. The number of hydrogen-bond donors (Lipinski definition) is 2. The molecule has 5 nitrogen and oxygen atoms in total. The van der Waals surface area contributed by atoms with Gasteiger partial charge in [-0.1, -0.05) is 53.5 Å². The van der Waals surface area contributed by atoms with Crippen molar-refractivity contribution in [2.75, 3.05) is 13.7 Å². The molecule has 1 fully saturated rings. The number of ether oxygens (including phenoxy) is 1. The minimum atomic E-state index is -0.513. The molecule has 2 heterocycles. The molecular formula is C24H21BrCl2FN3O2. The van der Waals surface area contributed by atoms with E-state index in [4.69, 9.17) is 27.9 Å². The Morgan fingerprint density at radius 1 is 1.18 bits per heavy atom. The van der Waals surface area contributed by atoms with E-state index in [1.807, 2.05) is 24.3 Å². The first-order valence-corrected chi connectivity index (χ1v) is 11.9. The van der Waals surface area contributed by atoms with E-state index in [0.29, 0.717) is 52.1 Å². The molecule has 0 bridgehead atoms. The minimum absolute atomic E-state index is 0.0553. The zero-order valence-electron chi connectivity index (χ0n) is 17.7. The minimum Gasteiger partial charge on any atom is -0.481 e. The van der Waals surface area contributed by atoms with Gasteiger partial charge in [-0.25, -0.2) is 9.37 Å². The number of amides is 1. The van der Waals surface area contributed by atoms with Crippen LogP contribution in [0.3, 0.4) is 0 Å². The number of halogens is 4. The van der Waals surface area contributed by atoms with E-state index in [1.165, 1.54) is 13.2 Å². The third-order valence-corrected chi connectivity index (χ3v) is 7.20. The Kier molecular flexibility index (Phi) is 7.54. The van der Waals surface area contributed by atoms with Gasteiger partial charge in [-0.3, -0.25) is 4.79 Å². The zero-order chi connectivity index (χ0) is 23.5. The molecule has 1 aromatic heterocycles. The van der Waals surface area contributed by atoms with Crippen LogP contribution in [0.5, 0.6) is 5.88 Å². The Labute approximate surface area is 209 Å². The lowest BCUT2D eigenvalue weighted by Gasteiger charge is -2.16. The van der Waals surface area contributed by atoms with E-state index >= 15 is 4.39 Å². The summed E-state index contributed by atoms with van der Waals surface area (Å²) < 4.78 is 21.4. The van der Waals surface area contributed by atoms with Gasteiger partial charge in [0.25, 0.3) is 0 Å². The molecule has 1 unspecified atom stereocenters. The molecule has 0 radical (unpaired) electrons. The van der Waals surface area contributed by atoms with Gasteiger partial charge in [0.1, 0.15) is 11.5 Å². The first kappa shape index (κ1) is 24.0. The number of aromatic nitrogens is 1. The van der Waals surface area contributed by atoms with Gasteiger partial charge in [0.15, 0.2) is 0 Å². The number of methoxy groups -OCH3 is 1. The van der Waals surface area contributed by atoms with Crippen LogP contribution in [-0.2, 0) is 11.3 Å². The topological polar surface area (TPSA) is 63.2 Å². The maximum absolute atomic E-state index is 15.2. The summed E-state index contributed by atoms with van der Waals surface area (Å²) in [5.41, 5.74) is 2.51. The van der Waals surface area contributed by atoms with Crippen molar-refractivity contribution in [1.82, 2.24) is 15.6 Å². The summed E-state index contributed by atoms with van der Waals surface area (Å²) in [5, 5.41) is 6.98. The molecule has 3 aromatic rings. The fraction of sp³-hybridized carbons (Fsp3) is 0.250. The first-order chi connectivity index (χ1) is 15.9. The number of benzene rings is 2. The van der Waals surface area contributed by atoms with Gasteiger partial charge >= 0.3 is 0 Å². The van der Waals surface area contributed by atoms with Gasteiger partial charge in [-0.05, 0) is 34.5 Å². The van der Waals surface area contributed by atoms with Crippen molar-refractivity contribution in [2.24, 2.45) is 0 Å². The molecule has 1 amide bonds. The van der Waals surface area contributed by atoms with Crippen molar-refractivity contribution in [3.63, 3.8) is 0 Å². The molecule has 2 aromatic carbocycles. The fourth-order valence-electron chi connectivity index (χ4n) is 3.85. The molecule has 1 aliphatic rings. The van der Waals surface area contributed by atoms with Crippen LogP contribution in [-0.4, -0.2) is 30.6 Å². The summed E-state index contributed by atoms with van der Waals surface area (Å²) in [6, 6.07) is 12.3. The molecular weight excluding hydrogens is 532 g/mol. The summed E-state index contributed by atoms with van der Waals surface area (Å²) >= 11 is 16.6. The van der Waals surface area contributed by atoms with Gasteiger partial charge in [0.2, 0.25) is 11.8 Å². The van der Waals surface area contributed by atoms with E-state index in [-0.39, 0.29) is 17.6 Å². The summed E-state index contributed by atoms with van der Waals surface area (Å²) in [6.45, 7) is 0.931. The number of hydrogen-bond acceptors (Lipinski definition) is 4. The highest BCUT2D eigenvalue weighted by molar-refractivity contribution is 9.10. The largest absolute Gasteiger partial charge is 0.481 e. The maximum Gasteiger partial charge on any atom is 0.220 e. The maximum atomic E-state index is 15.2. The summed E-state index contributed by atoms with van der Waals surface area (Å²) in [4.78, 5) is 15.8. The quantitative estimate of drug-likeness (QED) is 0.377. The lowest BCUT2D eigenvalue weighted by Crippen LogP contribution is -2.35. The SMILES string of the molecule is COc1nc(-c2cccc(-c3cccc(Br)c3Cl)c2Cl)c(F)cc1CNCC1CCC(=O)N1. The Hall–Kier alpha value is -2.19. The monoisotopic (exact) mass is 551 g/mol. The van der Waals surface area contributed by atoms with Crippen LogP contribution in [0.2, 0.25) is 10.0 Å². The second-order valence-corrected chi connectivity index (χ2v) is 9.30. The van der Waals surface area contributed by atoms with Crippen molar-refractivity contribution in [3.05, 3.63) is 68.4 Å². The molecule has 0 aliphatic carbocycles. The molecule has 1 atom stereocenters. The normalized spacial score (nSPS) is 15.5. The van der Waals surface area contributed by atoms with E-state index in [0.717, 1.165) is 16.5 Å². The third-order valence-electron chi connectivity index (χ3n) is 5.50. The number of rotatable bonds is 7. The molecule has 0 spiro atoms. The Balaban J connectivity index is 1.63. The van der Waals surface area contributed by atoms with Crippen LogP contribution in [0.15, 0.2) is 46.9 Å². The number of pyridine rings is 1. The van der Waals surface area contributed by atoms with Crippen molar-refractivity contribution >= 4 is 45.0 Å². The third kappa shape index (κ3) is 5.17.